The average Bonchev–Trinajstić information content (AvgIpc) is 3.93. The summed E-state index contributed by atoms with van der Waals surface area (Å²) in [6.45, 7) is 0. The van der Waals surface area contributed by atoms with Crippen molar-refractivity contribution in [1.82, 2.24) is 0 Å². The summed E-state index contributed by atoms with van der Waals surface area (Å²) in [7, 11) is 0. The molecule has 0 spiro atoms. The molecule has 2 heterocycles. The molecular weight excluding hydrogens is 767 g/mol. The number of anilines is 3. The summed E-state index contributed by atoms with van der Waals surface area (Å²) in [6.07, 6.45) is 0. The van der Waals surface area contributed by atoms with E-state index in [1.54, 1.807) is 0 Å². The van der Waals surface area contributed by atoms with Crippen LogP contribution in [0.1, 0.15) is 0 Å². The van der Waals surface area contributed by atoms with Crippen LogP contribution >= 0.6 is 0 Å². The maximum absolute atomic E-state index is 6.91. The van der Waals surface area contributed by atoms with Gasteiger partial charge in [0.15, 0.2) is 0 Å². The van der Waals surface area contributed by atoms with Crippen LogP contribution in [0.5, 0.6) is 0 Å². The van der Waals surface area contributed by atoms with Crippen LogP contribution in [-0.4, -0.2) is 0 Å². The molecule has 13 rings (SSSR count). The lowest BCUT2D eigenvalue weighted by molar-refractivity contribution is 0.669. The van der Waals surface area contributed by atoms with Crippen molar-refractivity contribution in [3.8, 4) is 33.4 Å². The number of benzene rings is 11. The molecule has 0 saturated heterocycles. The highest BCUT2D eigenvalue weighted by Crippen LogP contribution is 2.46. The molecule has 0 aliphatic heterocycles. The van der Waals surface area contributed by atoms with Gasteiger partial charge < -0.3 is 13.7 Å². The van der Waals surface area contributed by atoms with E-state index < -0.39 is 0 Å². The lowest BCUT2D eigenvalue weighted by Crippen LogP contribution is -2.11. The molecule has 3 heteroatoms. The van der Waals surface area contributed by atoms with Crippen molar-refractivity contribution in [3.63, 3.8) is 0 Å². The fraction of sp³-hybridized carbons (Fsp3) is 0. The third kappa shape index (κ3) is 5.67. The van der Waals surface area contributed by atoms with Gasteiger partial charge in [0.2, 0.25) is 0 Å². The van der Waals surface area contributed by atoms with E-state index in [2.05, 4.69) is 217 Å². The molecule has 0 bridgehead atoms. The molecule has 0 fully saturated rings. The minimum absolute atomic E-state index is 0.881. The fourth-order valence-electron chi connectivity index (χ4n) is 9.85. The Morgan fingerprint density at radius 1 is 0.270 bits per heavy atom. The van der Waals surface area contributed by atoms with Crippen molar-refractivity contribution in [1.29, 1.82) is 0 Å². The molecule has 63 heavy (non-hydrogen) atoms. The normalized spacial score (nSPS) is 11.8. The molecule has 3 nitrogen and oxygen atoms in total. The van der Waals surface area contributed by atoms with Gasteiger partial charge in [0.1, 0.15) is 22.3 Å². The predicted octanol–water partition coefficient (Wildman–Crippen LogP) is 17.4. The number of hydrogen-bond donors (Lipinski definition) is 0. The summed E-state index contributed by atoms with van der Waals surface area (Å²) in [5.74, 6) is 0. The Morgan fingerprint density at radius 3 is 1.62 bits per heavy atom. The van der Waals surface area contributed by atoms with Crippen molar-refractivity contribution in [3.05, 3.63) is 224 Å². The van der Waals surface area contributed by atoms with Gasteiger partial charge in [-0.15, -0.1) is 0 Å². The Labute approximate surface area is 363 Å². The van der Waals surface area contributed by atoms with Crippen molar-refractivity contribution in [2.75, 3.05) is 4.90 Å². The second-order valence-corrected chi connectivity index (χ2v) is 16.4. The summed E-state index contributed by atoms with van der Waals surface area (Å²) in [6, 6.07) is 80.5. The van der Waals surface area contributed by atoms with Gasteiger partial charge in [-0.2, -0.15) is 0 Å². The van der Waals surface area contributed by atoms with Gasteiger partial charge in [0, 0.05) is 49.4 Å². The molecule has 0 atom stereocenters. The first-order valence-corrected chi connectivity index (χ1v) is 21.5. The zero-order chi connectivity index (χ0) is 41.4. The van der Waals surface area contributed by atoms with Crippen molar-refractivity contribution in [2.24, 2.45) is 0 Å². The topological polar surface area (TPSA) is 29.5 Å². The maximum atomic E-state index is 6.91. The second kappa shape index (κ2) is 14.1. The van der Waals surface area contributed by atoms with Gasteiger partial charge in [0.25, 0.3) is 0 Å². The minimum atomic E-state index is 0.881. The van der Waals surface area contributed by atoms with E-state index in [1.165, 1.54) is 38.1 Å². The smallest absolute Gasteiger partial charge is 0.143 e. The van der Waals surface area contributed by atoms with E-state index in [-0.39, 0.29) is 0 Å². The summed E-state index contributed by atoms with van der Waals surface area (Å²) < 4.78 is 13.2. The highest BCUT2D eigenvalue weighted by Gasteiger charge is 2.21. The van der Waals surface area contributed by atoms with Gasteiger partial charge in [-0.1, -0.05) is 170 Å². The zero-order valence-corrected chi connectivity index (χ0v) is 34.1. The molecule has 0 radical (unpaired) electrons. The van der Waals surface area contributed by atoms with E-state index in [1.807, 2.05) is 12.1 Å². The molecule has 0 saturated carbocycles. The van der Waals surface area contributed by atoms with Gasteiger partial charge in [0.05, 0.1) is 5.69 Å². The molecule has 0 N–H and O–H groups in total. The molecule has 2 aromatic heterocycles. The van der Waals surface area contributed by atoms with Crippen LogP contribution in [0, 0.1) is 0 Å². The lowest BCUT2D eigenvalue weighted by Gasteiger charge is -2.28. The monoisotopic (exact) mass is 803 g/mol. The SMILES string of the molecule is c1ccc(N(c2ccc(-c3ccc4c(c3)oc3ccccc34)cc2)c2ccc(-c3cccc4c3ccc3ccccc34)cc2)c(-c2cccc3c2oc2c4ccccc4ccc32)c1. The van der Waals surface area contributed by atoms with E-state index in [9.17, 15) is 0 Å². The third-order valence-corrected chi connectivity index (χ3v) is 12.9. The molecule has 0 aliphatic carbocycles. The minimum Gasteiger partial charge on any atom is -0.456 e. The van der Waals surface area contributed by atoms with Crippen LogP contribution < -0.4 is 4.90 Å². The second-order valence-electron chi connectivity index (χ2n) is 16.4. The first-order chi connectivity index (χ1) is 31.2. The Hall–Kier alpha value is -8.40. The molecule has 11 aromatic carbocycles. The Balaban J connectivity index is 0.963. The van der Waals surface area contributed by atoms with E-state index in [4.69, 9.17) is 8.83 Å². The highest BCUT2D eigenvalue weighted by atomic mass is 16.3. The molecule has 0 aliphatic rings. The summed E-state index contributed by atoms with van der Waals surface area (Å²) >= 11 is 0. The van der Waals surface area contributed by atoms with E-state index >= 15 is 0 Å². The van der Waals surface area contributed by atoms with Crippen LogP contribution in [0.15, 0.2) is 233 Å². The maximum Gasteiger partial charge on any atom is 0.143 e. The zero-order valence-electron chi connectivity index (χ0n) is 34.1. The van der Waals surface area contributed by atoms with Crippen molar-refractivity contribution < 1.29 is 8.83 Å². The summed E-state index contributed by atoms with van der Waals surface area (Å²) in [5.41, 5.74) is 13.5. The van der Waals surface area contributed by atoms with Gasteiger partial charge in [-0.25, -0.2) is 0 Å². The first-order valence-electron chi connectivity index (χ1n) is 21.5. The Morgan fingerprint density at radius 2 is 0.810 bits per heavy atom. The summed E-state index contributed by atoms with van der Waals surface area (Å²) in [5, 5.41) is 11.8. The van der Waals surface area contributed by atoms with Crippen LogP contribution in [0.4, 0.5) is 17.1 Å². The fourth-order valence-corrected chi connectivity index (χ4v) is 9.85. The molecule has 294 valence electrons. The molecule has 0 amide bonds. The number of rotatable bonds is 6. The van der Waals surface area contributed by atoms with Gasteiger partial charge >= 0.3 is 0 Å². The van der Waals surface area contributed by atoms with E-state index in [0.29, 0.717) is 0 Å². The molecule has 0 unspecified atom stereocenters. The third-order valence-electron chi connectivity index (χ3n) is 12.9. The number of nitrogens with zero attached hydrogens (tertiary/aromatic N) is 1. The summed E-state index contributed by atoms with van der Waals surface area (Å²) in [4.78, 5) is 2.37. The van der Waals surface area contributed by atoms with Crippen LogP contribution in [0.25, 0.3) is 110 Å². The predicted molar refractivity (Wildman–Crippen MR) is 265 cm³/mol. The average molecular weight is 804 g/mol. The molecule has 13 aromatic rings. The highest BCUT2D eigenvalue weighted by molar-refractivity contribution is 6.18. The van der Waals surface area contributed by atoms with Crippen LogP contribution in [0.3, 0.4) is 0 Å². The largest absolute Gasteiger partial charge is 0.456 e. The van der Waals surface area contributed by atoms with Gasteiger partial charge in [-0.05, 0) is 104 Å². The van der Waals surface area contributed by atoms with Crippen LogP contribution in [-0.2, 0) is 0 Å². The lowest BCUT2D eigenvalue weighted by atomic mass is 9.94. The van der Waals surface area contributed by atoms with Crippen molar-refractivity contribution >= 4 is 93.3 Å². The number of fused-ring (bicyclic) bond motifs is 11. The van der Waals surface area contributed by atoms with Crippen molar-refractivity contribution in [2.45, 2.75) is 0 Å². The number of hydrogen-bond acceptors (Lipinski definition) is 3. The van der Waals surface area contributed by atoms with E-state index in [0.717, 1.165) is 88.6 Å². The van der Waals surface area contributed by atoms with Crippen LogP contribution in [0.2, 0.25) is 0 Å². The molecular formula is C60H37NO2. The Kier molecular flexibility index (Phi) is 7.91. The Bertz CT molecular complexity index is 3910. The van der Waals surface area contributed by atoms with Gasteiger partial charge in [-0.3, -0.25) is 0 Å². The quantitative estimate of drug-likeness (QED) is 0.157. The number of furan rings is 2. The number of para-hydroxylation sites is 3. The standard InChI is InChI=1S/C60H37NO2/c1-3-13-45-39(11-1)27-34-49-46(17-9-18-48(45)49)41-25-32-44(33-26-41)61(43-30-23-38(24-31-43)42-29-35-52-51-16-6-8-22-57(51)62-58(52)37-42)56-21-7-5-15-50(56)53-19-10-20-54-55-36-28-40-12-2-4-14-47(40)59(55)63-60(53)54/h1-37H. The first kappa shape index (κ1) is 35.4.